The van der Waals surface area contributed by atoms with Crippen LogP contribution in [0.25, 0.3) is 0 Å². The van der Waals surface area contributed by atoms with Gasteiger partial charge in [-0.2, -0.15) is 0 Å². The summed E-state index contributed by atoms with van der Waals surface area (Å²) in [5.41, 5.74) is 2.41. The van der Waals surface area contributed by atoms with E-state index in [1.54, 1.807) is 12.1 Å². The molecule has 20 heavy (non-hydrogen) atoms. The van der Waals surface area contributed by atoms with Gasteiger partial charge in [-0.3, -0.25) is 0 Å². The molecule has 0 aliphatic heterocycles. The Bertz CT molecular complexity index is 599. The molecule has 106 valence electrons. The lowest BCUT2D eigenvalue weighted by Gasteiger charge is -2.08. The third-order valence-electron chi connectivity index (χ3n) is 3.75. The second-order valence-electron chi connectivity index (χ2n) is 5.19. The van der Waals surface area contributed by atoms with Gasteiger partial charge in [-0.25, -0.2) is 4.39 Å². The fraction of sp³-hybridized carbons (Fsp3) is 0.375. The summed E-state index contributed by atoms with van der Waals surface area (Å²) in [6.45, 7) is 0. The van der Waals surface area contributed by atoms with E-state index >= 15 is 0 Å². The summed E-state index contributed by atoms with van der Waals surface area (Å²) in [5, 5.41) is -0.191. The Morgan fingerprint density at radius 3 is 2.75 bits per heavy atom. The Morgan fingerprint density at radius 1 is 1.15 bits per heavy atom. The highest BCUT2D eigenvalue weighted by Gasteiger charge is 2.19. The maximum atomic E-state index is 13.3. The number of rotatable bonds is 2. The van der Waals surface area contributed by atoms with Crippen molar-refractivity contribution in [3.8, 4) is 0 Å². The molecule has 1 aromatic carbocycles. The van der Waals surface area contributed by atoms with E-state index in [1.807, 2.05) is 11.3 Å². The van der Waals surface area contributed by atoms with Crippen LogP contribution in [0, 0.1) is 5.82 Å². The van der Waals surface area contributed by atoms with Crippen molar-refractivity contribution in [2.45, 2.75) is 37.5 Å². The van der Waals surface area contributed by atoms with Crippen LogP contribution in [0.2, 0.25) is 0 Å². The maximum Gasteiger partial charge on any atom is 0.137 e. The molecule has 3 rings (SSSR count). The first-order chi connectivity index (χ1) is 9.65. The topological polar surface area (TPSA) is 0 Å². The Kier molecular flexibility index (Phi) is 4.49. The second kappa shape index (κ2) is 6.17. The third kappa shape index (κ3) is 2.95. The van der Waals surface area contributed by atoms with Crippen LogP contribution in [-0.4, -0.2) is 0 Å². The van der Waals surface area contributed by atoms with Gasteiger partial charge in [-0.15, -0.1) is 22.9 Å². The summed E-state index contributed by atoms with van der Waals surface area (Å²) in [6, 6.07) is 7.26. The van der Waals surface area contributed by atoms with Crippen LogP contribution in [0.5, 0.6) is 0 Å². The van der Waals surface area contributed by atoms with E-state index in [4.69, 9.17) is 11.6 Å². The van der Waals surface area contributed by atoms with E-state index in [1.165, 1.54) is 53.5 Å². The van der Waals surface area contributed by atoms with E-state index in [0.29, 0.717) is 4.47 Å². The molecule has 0 saturated carbocycles. The first-order valence-corrected chi connectivity index (χ1v) is 8.90. The van der Waals surface area contributed by atoms with Crippen LogP contribution in [0.4, 0.5) is 4.39 Å². The summed E-state index contributed by atoms with van der Waals surface area (Å²) in [4.78, 5) is 2.67. The minimum atomic E-state index is -0.250. The predicted octanol–water partition coefficient (Wildman–Crippen LogP) is 6.25. The highest BCUT2D eigenvalue weighted by molar-refractivity contribution is 9.10. The minimum Gasteiger partial charge on any atom is -0.206 e. The lowest BCUT2D eigenvalue weighted by molar-refractivity contribution is 0.620. The van der Waals surface area contributed by atoms with Crippen molar-refractivity contribution in [2.75, 3.05) is 0 Å². The monoisotopic (exact) mass is 372 g/mol. The molecule has 0 fully saturated rings. The van der Waals surface area contributed by atoms with Crippen LogP contribution in [0.15, 0.2) is 28.7 Å². The number of hydrogen-bond donors (Lipinski definition) is 0. The van der Waals surface area contributed by atoms with E-state index in [9.17, 15) is 4.39 Å². The molecule has 0 radical (unpaired) electrons. The molecule has 1 aromatic heterocycles. The summed E-state index contributed by atoms with van der Waals surface area (Å²) in [5.74, 6) is -0.250. The molecule has 0 spiro atoms. The maximum absolute atomic E-state index is 13.3. The van der Waals surface area contributed by atoms with E-state index < -0.39 is 0 Å². The quantitative estimate of drug-likeness (QED) is 0.431. The van der Waals surface area contributed by atoms with Crippen LogP contribution in [0.1, 0.15) is 45.5 Å². The largest absolute Gasteiger partial charge is 0.206 e. The molecule has 0 N–H and O–H groups in total. The fourth-order valence-electron chi connectivity index (χ4n) is 2.65. The van der Waals surface area contributed by atoms with Gasteiger partial charge in [0.15, 0.2) is 0 Å². The van der Waals surface area contributed by atoms with Crippen molar-refractivity contribution in [3.05, 3.63) is 55.4 Å². The van der Waals surface area contributed by atoms with Gasteiger partial charge in [0.25, 0.3) is 0 Å². The van der Waals surface area contributed by atoms with E-state index in [2.05, 4.69) is 22.0 Å². The van der Waals surface area contributed by atoms with Crippen molar-refractivity contribution in [1.29, 1.82) is 0 Å². The molecule has 0 saturated heterocycles. The number of aryl methyl sites for hydroxylation is 2. The molecule has 0 amide bonds. The van der Waals surface area contributed by atoms with Gasteiger partial charge in [0.2, 0.25) is 0 Å². The third-order valence-corrected chi connectivity index (χ3v) is 6.28. The standard InChI is InChI=1S/C16H15BrClFS/c17-12-8-11(6-7-13(12)19)16(18)15-9-10-4-2-1-3-5-14(10)20-15/h6-9,16H,1-5H2. The average molecular weight is 374 g/mol. The van der Waals surface area contributed by atoms with Crippen molar-refractivity contribution in [1.82, 2.24) is 0 Å². The van der Waals surface area contributed by atoms with E-state index in [-0.39, 0.29) is 11.2 Å². The average Bonchev–Trinajstić information content (AvgIpc) is 2.72. The molecule has 1 aliphatic rings. The Balaban J connectivity index is 1.90. The summed E-state index contributed by atoms with van der Waals surface area (Å²) in [7, 11) is 0. The number of halogens is 3. The summed E-state index contributed by atoms with van der Waals surface area (Å²) >= 11 is 11.6. The Morgan fingerprint density at radius 2 is 1.95 bits per heavy atom. The molecule has 0 nitrogen and oxygen atoms in total. The zero-order valence-corrected chi connectivity index (χ0v) is 14.1. The zero-order valence-electron chi connectivity index (χ0n) is 11.0. The van der Waals surface area contributed by atoms with Crippen LogP contribution >= 0.6 is 38.9 Å². The van der Waals surface area contributed by atoms with Gasteiger partial charge >= 0.3 is 0 Å². The van der Waals surface area contributed by atoms with Crippen molar-refractivity contribution >= 4 is 38.9 Å². The number of alkyl halides is 1. The molecule has 4 heteroatoms. The smallest absolute Gasteiger partial charge is 0.137 e. The molecule has 1 unspecified atom stereocenters. The van der Waals surface area contributed by atoms with Gasteiger partial charge in [0.05, 0.1) is 9.85 Å². The highest BCUT2D eigenvalue weighted by Crippen LogP contribution is 2.38. The molecule has 0 bridgehead atoms. The fourth-order valence-corrected chi connectivity index (χ4v) is 4.64. The van der Waals surface area contributed by atoms with Crippen molar-refractivity contribution in [3.63, 3.8) is 0 Å². The summed E-state index contributed by atoms with van der Waals surface area (Å²) < 4.78 is 13.8. The molecule has 1 atom stereocenters. The molecule has 1 heterocycles. The Hall–Kier alpha value is -0.380. The zero-order chi connectivity index (χ0) is 14.1. The highest BCUT2D eigenvalue weighted by atomic mass is 79.9. The Labute approximate surface area is 136 Å². The van der Waals surface area contributed by atoms with Crippen LogP contribution in [-0.2, 0) is 12.8 Å². The first-order valence-electron chi connectivity index (χ1n) is 6.85. The first kappa shape index (κ1) is 14.6. The molecular formula is C16H15BrClFS. The van der Waals surface area contributed by atoms with Crippen LogP contribution in [0.3, 0.4) is 0 Å². The SMILES string of the molecule is Fc1ccc(C(Cl)c2cc3c(s2)CCCCC3)cc1Br. The molecule has 2 aromatic rings. The number of fused-ring (bicyclic) bond motifs is 1. The van der Waals surface area contributed by atoms with E-state index in [0.717, 1.165) is 5.56 Å². The van der Waals surface area contributed by atoms with Crippen LogP contribution < -0.4 is 0 Å². The molecular weight excluding hydrogens is 359 g/mol. The number of benzene rings is 1. The minimum absolute atomic E-state index is 0.191. The normalized spacial score (nSPS) is 16.6. The second-order valence-corrected chi connectivity index (χ2v) is 7.65. The van der Waals surface area contributed by atoms with Gasteiger partial charge in [-0.05, 0) is 70.9 Å². The number of thiophene rings is 1. The lowest BCUT2D eigenvalue weighted by atomic mass is 10.1. The number of hydrogen-bond acceptors (Lipinski definition) is 1. The summed E-state index contributed by atoms with van der Waals surface area (Å²) in [6.07, 6.45) is 6.23. The van der Waals surface area contributed by atoms with Gasteiger partial charge in [0, 0.05) is 9.75 Å². The molecule has 1 aliphatic carbocycles. The predicted molar refractivity (Wildman–Crippen MR) is 87.4 cm³/mol. The van der Waals surface area contributed by atoms with Gasteiger partial charge in [-0.1, -0.05) is 12.5 Å². The van der Waals surface area contributed by atoms with Gasteiger partial charge in [0.1, 0.15) is 5.82 Å². The van der Waals surface area contributed by atoms with Crippen molar-refractivity contribution in [2.24, 2.45) is 0 Å². The lowest BCUT2D eigenvalue weighted by Crippen LogP contribution is -1.91. The van der Waals surface area contributed by atoms with Gasteiger partial charge < -0.3 is 0 Å². The van der Waals surface area contributed by atoms with Crippen molar-refractivity contribution < 1.29 is 4.39 Å².